The van der Waals surface area contributed by atoms with Gasteiger partial charge in [-0.25, -0.2) is 0 Å². The summed E-state index contributed by atoms with van der Waals surface area (Å²) in [7, 11) is 0. The summed E-state index contributed by atoms with van der Waals surface area (Å²) in [6, 6.07) is 5.12. The highest BCUT2D eigenvalue weighted by atomic mass is 16.7. The molecule has 1 atom stereocenters. The standard InChI is InChI=1S/C17H22N2O5/c1-17(2,15(20)18-9-12-4-3-7-22-12)16(21)19-11-5-6-13-14(8-11)24-10-23-13/h5-6,8,12H,3-4,7,9-10H2,1-2H3,(H,18,20)(H,19,21). The molecule has 7 nitrogen and oxygen atoms in total. The Bertz CT molecular complexity index is 638. The van der Waals surface area contributed by atoms with Crippen molar-refractivity contribution in [3.05, 3.63) is 18.2 Å². The van der Waals surface area contributed by atoms with Crippen molar-refractivity contribution < 1.29 is 23.8 Å². The number of hydrogen-bond donors (Lipinski definition) is 2. The molecule has 2 aliphatic heterocycles. The molecule has 0 aromatic heterocycles. The van der Waals surface area contributed by atoms with Gasteiger partial charge in [-0.2, -0.15) is 0 Å². The largest absolute Gasteiger partial charge is 0.454 e. The molecule has 1 aromatic rings. The first kappa shape index (κ1) is 16.6. The minimum Gasteiger partial charge on any atom is -0.454 e. The summed E-state index contributed by atoms with van der Waals surface area (Å²) < 4.78 is 16.0. The number of carbonyl (C=O) groups is 2. The van der Waals surface area contributed by atoms with Gasteiger partial charge in [0.15, 0.2) is 11.5 Å². The minimum absolute atomic E-state index is 0.0432. The molecule has 3 rings (SSSR count). The maximum atomic E-state index is 12.5. The molecule has 130 valence electrons. The van der Waals surface area contributed by atoms with Crippen LogP contribution in [-0.2, 0) is 14.3 Å². The predicted octanol–water partition coefficient (Wildman–Crippen LogP) is 1.68. The number of hydrogen-bond acceptors (Lipinski definition) is 5. The zero-order chi connectivity index (χ0) is 17.2. The third-order valence-corrected chi connectivity index (χ3v) is 4.28. The molecule has 2 amide bonds. The lowest BCUT2D eigenvalue weighted by Gasteiger charge is -2.23. The van der Waals surface area contributed by atoms with Gasteiger partial charge >= 0.3 is 0 Å². The zero-order valence-electron chi connectivity index (χ0n) is 13.9. The van der Waals surface area contributed by atoms with E-state index in [1.165, 1.54) is 0 Å². The number of nitrogens with one attached hydrogen (secondary N) is 2. The summed E-state index contributed by atoms with van der Waals surface area (Å²) >= 11 is 0. The molecule has 0 aliphatic carbocycles. The van der Waals surface area contributed by atoms with Crippen molar-refractivity contribution in [2.45, 2.75) is 32.8 Å². The van der Waals surface area contributed by atoms with Crippen LogP contribution in [0.1, 0.15) is 26.7 Å². The molecule has 2 aliphatic rings. The quantitative estimate of drug-likeness (QED) is 0.800. The Labute approximate surface area is 140 Å². The van der Waals surface area contributed by atoms with Gasteiger partial charge in [-0.15, -0.1) is 0 Å². The summed E-state index contributed by atoms with van der Waals surface area (Å²) in [5, 5.41) is 5.56. The van der Waals surface area contributed by atoms with E-state index in [0.717, 1.165) is 19.4 Å². The Kier molecular flexibility index (Phi) is 4.62. The van der Waals surface area contributed by atoms with Crippen LogP contribution in [-0.4, -0.2) is 37.9 Å². The highest BCUT2D eigenvalue weighted by Crippen LogP contribution is 2.34. The van der Waals surface area contributed by atoms with E-state index in [4.69, 9.17) is 14.2 Å². The lowest BCUT2D eigenvalue weighted by Crippen LogP contribution is -2.47. The number of fused-ring (bicyclic) bond motifs is 1. The summed E-state index contributed by atoms with van der Waals surface area (Å²) in [6.45, 7) is 4.53. The predicted molar refractivity (Wildman–Crippen MR) is 87.0 cm³/mol. The van der Waals surface area contributed by atoms with Crippen LogP contribution in [0.25, 0.3) is 0 Å². The Hall–Kier alpha value is -2.28. The summed E-state index contributed by atoms with van der Waals surface area (Å²) in [5.74, 6) is 0.512. The molecule has 1 saturated heterocycles. The Balaban J connectivity index is 1.58. The smallest absolute Gasteiger partial charge is 0.239 e. The van der Waals surface area contributed by atoms with Crippen LogP contribution < -0.4 is 20.1 Å². The van der Waals surface area contributed by atoms with Crippen LogP contribution in [0, 0.1) is 5.41 Å². The van der Waals surface area contributed by atoms with Gasteiger partial charge in [-0.05, 0) is 38.8 Å². The number of benzene rings is 1. The highest BCUT2D eigenvalue weighted by molar-refractivity contribution is 6.09. The second-order valence-corrected chi connectivity index (χ2v) is 6.49. The van der Waals surface area contributed by atoms with Gasteiger partial charge in [0.25, 0.3) is 0 Å². The average Bonchev–Trinajstić information content (AvgIpc) is 3.23. The first-order chi connectivity index (χ1) is 11.5. The Morgan fingerprint density at radius 2 is 2.00 bits per heavy atom. The van der Waals surface area contributed by atoms with Gasteiger partial charge < -0.3 is 24.8 Å². The third-order valence-electron chi connectivity index (χ3n) is 4.28. The van der Waals surface area contributed by atoms with Gasteiger partial charge in [0.2, 0.25) is 18.6 Å². The number of amides is 2. The van der Waals surface area contributed by atoms with Gasteiger partial charge in [0.05, 0.1) is 6.10 Å². The molecule has 1 aromatic carbocycles. The number of rotatable bonds is 5. The molecule has 1 unspecified atom stereocenters. The normalized spacial score (nSPS) is 19.2. The van der Waals surface area contributed by atoms with Crippen molar-refractivity contribution in [1.29, 1.82) is 0 Å². The molecule has 0 radical (unpaired) electrons. The van der Waals surface area contributed by atoms with Crippen LogP contribution in [0.15, 0.2) is 18.2 Å². The van der Waals surface area contributed by atoms with Crippen molar-refractivity contribution in [2.24, 2.45) is 5.41 Å². The maximum absolute atomic E-state index is 12.5. The van der Waals surface area contributed by atoms with Crippen molar-refractivity contribution >= 4 is 17.5 Å². The van der Waals surface area contributed by atoms with Crippen LogP contribution >= 0.6 is 0 Å². The second kappa shape index (κ2) is 6.68. The van der Waals surface area contributed by atoms with Crippen molar-refractivity contribution in [1.82, 2.24) is 5.32 Å². The number of ether oxygens (including phenoxy) is 3. The lowest BCUT2D eigenvalue weighted by molar-refractivity contribution is -0.138. The maximum Gasteiger partial charge on any atom is 0.239 e. The molecule has 0 spiro atoms. The molecule has 0 bridgehead atoms. The summed E-state index contributed by atoms with van der Waals surface area (Å²) in [6.07, 6.45) is 1.99. The third kappa shape index (κ3) is 3.46. The van der Waals surface area contributed by atoms with E-state index in [1.54, 1.807) is 32.0 Å². The summed E-state index contributed by atoms with van der Waals surface area (Å²) in [5.41, 5.74) is -0.640. The topological polar surface area (TPSA) is 85.9 Å². The van der Waals surface area contributed by atoms with E-state index in [1.807, 2.05) is 0 Å². The second-order valence-electron chi connectivity index (χ2n) is 6.49. The van der Waals surface area contributed by atoms with Crippen molar-refractivity contribution in [3.8, 4) is 11.5 Å². The molecule has 2 N–H and O–H groups in total. The van der Waals surface area contributed by atoms with Gasteiger partial charge in [-0.3, -0.25) is 9.59 Å². The Morgan fingerprint density at radius 3 is 2.75 bits per heavy atom. The molecular formula is C17H22N2O5. The van der Waals surface area contributed by atoms with Crippen LogP contribution in [0.5, 0.6) is 11.5 Å². The monoisotopic (exact) mass is 334 g/mol. The molecule has 2 heterocycles. The SMILES string of the molecule is CC(C)(C(=O)NCC1CCCO1)C(=O)Nc1ccc2c(c1)OCO2. The van der Waals surface area contributed by atoms with E-state index in [9.17, 15) is 9.59 Å². The van der Waals surface area contributed by atoms with E-state index >= 15 is 0 Å². The van der Waals surface area contributed by atoms with Gasteiger partial charge in [0, 0.05) is 24.9 Å². The van der Waals surface area contributed by atoms with E-state index < -0.39 is 5.41 Å². The van der Waals surface area contributed by atoms with E-state index in [-0.39, 0.29) is 24.7 Å². The molecule has 0 saturated carbocycles. The molecular weight excluding hydrogens is 312 g/mol. The van der Waals surface area contributed by atoms with Crippen LogP contribution in [0.3, 0.4) is 0 Å². The lowest BCUT2D eigenvalue weighted by atomic mass is 9.90. The van der Waals surface area contributed by atoms with Crippen LogP contribution in [0.4, 0.5) is 5.69 Å². The minimum atomic E-state index is -1.20. The van der Waals surface area contributed by atoms with Gasteiger partial charge in [0.1, 0.15) is 5.41 Å². The molecule has 7 heteroatoms. The number of carbonyl (C=O) groups excluding carboxylic acids is 2. The Morgan fingerprint density at radius 1 is 1.21 bits per heavy atom. The highest BCUT2D eigenvalue weighted by Gasteiger charge is 2.36. The summed E-state index contributed by atoms with van der Waals surface area (Å²) in [4.78, 5) is 24.9. The van der Waals surface area contributed by atoms with Crippen molar-refractivity contribution in [3.63, 3.8) is 0 Å². The number of anilines is 1. The molecule has 24 heavy (non-hydrogen) atoms. The molecule has 1 fully saturated rings. The van der Waals surface area contributed by atoms with E-state index in [0.29, 0.717) is 23.7 Å². The fourth-order valence-electron chi connectivity index (χ4n) is 2.60. The first-order valence-electron chi connectivity index (χ1n) is 8.08. The first-order valence-corrected chi connectivity index (χ1v) is 8.08. The fourth-order valence-corrected chi connectivity index (χ4v) is 2.60. The van der Waals surface area contributed by atoms with Crippen LogP contribution in [0.2, 0.25) is 0 Å². The fraction of sp³-hybridized carbons (Fsp3) is 0.529. The van der Waals surface area contributed by atoms with E-state index in [2.05, 4.69) is 10.6 Å². The zero-order valence-corrected chi connectivity index (χ0v) is 13.9. The van der Waals surface area contributed by atoms with Gasteiger partial charge in [-0.1, -0.05) is 0 Å². The van der Waals surface area contributed by atoms with Crippen molar-refractivity contribution in [2.75, 3.05) is 25.3 Å². The average molecular weight is 334 g/mol.